The van der Waals surface area contributed by atoms with Crippen LogP contribution in [0, 0.1) is 11.6 Å². The Morgan fingerprint density at radius 3 is 2.41 bits per heavy atom. The minimum atomic E-state index is -0.627. The number of benzene rings is 1. The fourth-order valence-electron chi connectivity index (χ4n) is 1.27. The fraction of sp³-hybridized carbons (Fsp3) is 0. The van der Waals surface area contributed by atoms with Gasteiger partial charge in [-0.15, -0.1) is 0 Å². The average molecular weight is 275 g/mol. The Labute approximate surface area is 106 Å². The lowest BCUT2D eigenvalue weighted by Crippen LogP contribution is -1.97. The molecule has 0 spiro atoms. The summed E-state index contributed by atoms with van der Waals surface area (Å²) in [5.74, 6) is -1.19. The molecule has 6 heteroatoms. The Morgan fingerprint density at radius 1 is 1.00 bits per heavy atom. The summed E-state index contributed by atoms with van der Waals surface area (Å²) in [4.78, 5) is 3.75. The van der Waals surface area contributed by atoms with Crippen molar-refractivity contribution in [2.24, 2.45) is 0 Å². The lowest BCUT2D eigenvalue weighted by molar-refractivity contribution is 0.624. The third-order valence-electron chi connectivity index (χ3n) is 1.93. The second-order valence-corrected chi connectivity index (χ2v) is 4.14. The van der Waals surface area contributed by atoms with Crippen molar-refractivity contribution in [1.82, 2.24) is 4.98 Å². The molecule has 2 nitrogen and oxygen atoms in total. The number of aromatic nitrogens is 1. The van der Waals surface area contributed by atoms with Gasteiger partial charge in [0.15, 0.2) is 11.6 Å². The number of anilines is 2. The summed E-state index contributed by atoms with van der Waals surface area (Å²) in [7, 11) is 0. The van der Waals surface area contributed by atoms with E-state index in [0.29, 0.717) is 5.69 Å². The molecule has 0 aliphatic carbocycles. The zero-order chi connectivity index (χ0) is 12.4. The molecule has 0 radical (unpaired) electrons. The van der Waals surface area contributed by atoms with Crippen LogP contribution >= 0.6 is 23.2 Å². The van der Waals surface area contributed by atoms with Crippen LogP contribution in [0.2, 0.25) is 10.0 Å². The topological polar surface area (TPSA) is 24.9 Å². The maximum absolute atomic E-state index is 13.4. The highest BCUT2D eigenvalue weighted by Crippen LogP contribution is 2.23. The van der Waals surface area contributed by atoms with E-state index in [9.17, 15) is 8.78 Å². The van der Waals surface area contributed by atoms with Crippen LogP contribution in [-0.4, -0.2) is 4.98 Å². The van der Waals surface area contributed by atoms with Gasteiger partial charge in [0.2, 0.25) is 0 Å². The van der Waals surface area contributed by atoms with E-state index in [2.05, 4.69) is 10.3 Å². The molecule has 0 amide bonds. The van der Waals surface area contributed by atoms with Crippen LogP contribution in [0.4, 0.5) is 20.3 Å². The van der Waals surface area contributed by atoms with Gasteiger partial charge in [0, 0.05) is 16.9 Å². The molecular weight excluding hydrogens is 269 g/mol. The van der Waals surface area contributed by atoms with E-state index < -0.39 is 11.6 Å². The first kappa shape index (κ1) is 12.1. The predicted octanol–water partition coefficient (Wildman–Crippen LogP) is 4.41. The molecule has 88 valence electrons. The standard InChI is InChI=1S/C11H6Cl2F2N2/c12-6-1-8(14)4-9(2-6)17-11-10(15)3-7(13)5-16-11/h1-5H,(H,16,17). The number of nitrogens with one attached hydrogen (secondary N) is 1. The van der Waals surface area contributed by atoms with Crippen LogP contribution in [0.15, 0.2) is 30.5 Å². The zero-order valence-corrected chi connectivity index (χ0v) is 9.86. The summed E-state index contributed by atoms with van der Waals surface area (Å²) >= 11 is 11.2. The average Bonchev–Trinajstić information content (AvgIpc) is 2.21. The molecule has 0 aliphatic heterocycles. The van der Waals surface area contributed by atoms with Crippen molar-refractivity contribution in [2.45, 2.75) is 0 Å². The summed E-state index contributed by atoms with van der Waals surface area (Å²) in [5, 5.41) is 3.01. The lowest BCUT2D eigenvalue weighted by Gasteiger charge is -2.07. The molecule has 1 aromatic heterocycles. The van der Waals surface area contributed by atoms with Gasteiger partial charge in [-0.3, -0.25) is 0 Å². The van der Waals surface area contributed by atoms with E-state index in [1.54, 1.807) is 0 Å². The van der Waals surface area contributed by atoms with Crippen LogP contribution in [0.1, 0.15) is 0 Å². The number of rotatable bonds is 2. The third kappa shape index (κ3) is 3.05. The van der Waals surface area contributed by atoms with E-state index in [4.69, 9.17) is 23.2 Å². The number of pyridine rings is 1. The molecule has 1 heterocycles. The summed E-state index contributed by atoms with van der Waals surface area (Å²) < 4.78 is 26.4. The van der Waals surface area contributed by atoms with Crippen LogP contribution in [0.25, 0.3) is 0 Å². The monoisotopic (exact) mass is 274 g/mol. The molecule has 0 saturated carbocycles. The number of hydrogen-bond acceptors (Lipinski definition) is 2. The van der Waals surface area contributed by atoms with Gasteiger partial charge in [0.25, 0.3) is 0 Å². The molecule has 1 N–H and O–H groups in total. The van der Waals surface area contributed by atoms with Crippen LogP contribution in [0.3, 0.4) is 0 Å². The maximum Gasteiger partial charge on any atom is 0.167 e. The van der Waals surface area contributed by atoms with Crippen molar-refractivity contribution in [1.29, 1.82) is 0 Å². The van der Waals surface area contributed by atoms with Crippen LogP contribution in [0.5, 0.6) is 0 Å². The van der Waals surface area contributed by atoms with Gasteiger partial charge in [-0.2, -0.15) is 0 Å². The third-order valence-corrected chi connectivity index (χ3v) is 2.36. The Morgan fingerprint density at radius 2 is 1.76 bits per heavy atom. The van der Waals surface area contributed by atoms with E-state index >= 15 is 0 Å². The molecule has 17 heavy (non-hydrogen) atoms. The minimum absolute atomic E-state index is 0.0453. The second-order valence-electron chi connectivity index (χ2n) is 3.27. The molecule has 0 aliphatic rings. The summed E-state index contributed by atoms with van der Waals surface area (Å²) in [6.45, 7) is 0. The Kier molecular flexibility index (Phi) is 3.45. The molecule has 0 bridgehead atoms. The van der Waals surface area contributed by atoms with Gasteiger partial charge in [-0.05, 0) is 24.3 Å². The van der Waals surface area contributed by atoms with Gasteiger partial charge in [-0.1, -0.05) is 23.2 Å². The first-order valence-corrected chi connectivity index (χ1v) is 5.34. The largest absolute Gasteiger partial charge is 0.338 e. The highest BCUT2D eigenvalue weighted by molar-refractivity contribution is 6.31. The molecule has 0 unspecified atom stereocenters. The van der Waals surface area contributed by atoms with Gasteiger partial charge in [0.05, 0.1) is 5.02 Å². The molecule has 0 saturated heterocycles. The summed E-state index contributed by atoms with van der Waals surface area (Å²) in [5.41, 5.74) is 0.309. The minimum Gasteiger partial charge on any atom is -0.338 e. The van der Waals surface area contributed by atoms with E-state index in [1.807, 2.05) is 0 Å². The summed E-state index contributed by atoms with van der Waals surface area (Å²) in [6, 6.07) is 4.90. The van der Waals surface area contributed by atoms with Crippen LogP contribution < -0.4 is 5.32 Å². The van der Waals surface area contributed by atoms with E-state index in [0.717, 1.165) is 12.1 Å². The van der Waals surface area contributed by atoms with Crippen molar-refractivity contribution in [3.63, 3.8) is 0 Å². The number of halogens is 4. The van der Waals surface area contributed by atoms with Crippen molar-refractivity contribution in [3.8, 4) is 0 Å². The quantitative estimate of drug-likeness (QED) is 0.878. The van der Waals surface area contributed by atoms with Crippen LogP contribution in [-0.2, 0) is 0 Å². The number of hydrogen-bond donors (Lipinski definition) is 1. The molecule has 0 fully saturated rings. The summed E-state index contributed by atoms with van der Waals surface area (Å²) in [6.07, 6.45) is 1.29. The highest BCUT2D eigenvalue weighted by Gasteiger charge is 2.06. The van der Waals surface area contributed by atoms with Gasteiger partial charge < -0.3 is 5.32 Å². The Balaban J connectivity index is 2.31. The van der Waals surface area contributed by atoms with E-state index in [1.165, 1.54) is 18.3 Å². The first-order chi connectivity index (χ1) is 8.04. The normalized spacial score (nSPS) is 10.4. The first-order valence-electron chi connectivity index (χ1n) is 4.59. The number of nitrogens with zero attached hydrogens (tertiary/aromatic N) is 1. The Hall–Kier alpha value is -1.39. The Bertz CT molecular complexity index is 541. The molecule has 1 aromatic carbocycles. The van der Waals surface area contributed by atoms with Gasteiger partial charge in [0.1, 0.15) is 5.82 Å². The smallest absolute Gasteiger partial charge is 0.167 e. The lowest BCUT2D eigenvalue weighted by atomic mass is 10.3. The predicted molar refractivity (Wildman–Crippen MR) is 63.9 cm³/mol. The molecule has 2 aromatic rings. The molecule has 2 rings (SSSR count). The maximum atomic E-state index is 13.4. The van der Waals surface area contributed by atoms with Crippen molar-refractivity contribution in [2.75, 3.05) is 5.32 Å². The molecule has 0 atom stereocenters. The van der Waals surface area contributed by atoms with Crippen molar-refractivity contribution >= 4 is 34.7 Å². The van der Waals surface area contributed by atoms with Crippen molar-refractivity contribution < 1.29 is 8.78 Å². The zero-order valence-electron chi connectivity index (χ0n) is 8.35. The second kappa shape index (κ2) is 4.85. The van der Waals surface area contributed by atoms with E-state index in [-0.39, 0.29) is 15.9 Å². The van der Waals surface area contributed by atoms with Gasteiger partial charge >= 0.3 is 0 Å². The molecular formula is C11H6Cl2F2N2. The van der Waals surface area contributed by atoms with Gasteiger partial charge in [-0.25, -0.2) is 13.8 Å². The highest BCUT2D eigenvalue weighted by atomic mass is 35.5. The van der Waals surface area contributed by atoms with Crippen molar-refractivity contribution in [3.05, 3.63) is 52.1 Å². The SMILES string of the molecule is Fc1cc(Cl)cc(Nc2ncc(Cl)cc2F)c1. The fourth-order valence-corrected chi connectivity index (χ4v) is 1.64.